The van der Waals surface area contributed by atoms with Crippen LogP contribution in [0, 0.1) is 0 Å². The van der Waals surface area contributed by atoms with Crippen LogP contribution in [0.3, 0.4) is 0 Å². The van der Waals surface area contributed by atoms with Crippen LogP contribution in [0.25, 0.3) is 5.69 Å². The van der Waals surface area contributed by atoms with Crippen LogP contribution in [0.4, 0.5) is 10.6 Å². The summed E-state index contributed by atoms with van der Waals surface area (Å²) in [6.45, 7) is 5.33. The Hall–Kier alpha value is -3.16. The molecule has 1 aliphatic heterocycles. The molecular weight excluding hydrogens is 356 g/mol. The van der Waals surface area contributed by atoms with Gasteiger partial charge in [-0.1, -0.05) is 37.2 Å². The van der Waals surface area contributed by atoms with Crippen molar-refractivity contribution in [1.82, 2.24) is 24.8 Å². The summed E-state index contributed by atoms with van der Waals surface area (Å²) in [7, 11) is 0. The van der Waals surface area contributed by atoms with Crippen molar-refractivity contribution in [1.29, 1.82) is 0 Å². The lowest BCUT2D eigenvalue weighted by Crippen LogP contribution is -2.42. The lowest BCUT2D eigenvalue weighted by Gasteiger charge is -2.31. The van der Waals surface area contributed by atoms with Gasteiger partial charge in [-0.25, -0.2) is 9.48 Å². The van der Waals surface area contributed by atoms with Gasteiger partial charge in [0.15, 0.2) is 5.82 Å². The summed E-state index contributed by atoms with van der Waals surface area (Å²) in [6, 6.07) is 11.4. The molecule has 1 fully saturated rings. The standard InChI is InChI=1S/C20H24N6O2/c1-14(2)18-23-19(28-24-18)15-7-6-12-25(13-15)20(27)22-17-10-11-21-26(17)16-8-4-3-5-9-16/h3-5,8-11,14-15H,6-7,12-13H2,1-2H3,(H,22,27). The van der Waals surface area contributed by atoms with Gasteiger partial charge in [0, 0.05) is 25.1 Å². The molecule has 1 aliphatic rings. The van der Waals surface area contributed by atoms with E-state index >= 15 is 0 Å². The second-order valence-corrected chi connectivity index (χ2v) is 7.32. The van der Waals surface area contributed by atoms with Crippen molar-refractivity contribution >= 4 is 11.8 Å². The summed E-state index contributed by atoms with van der Waals surface area (Å²) in [5.41, 5.74) is 0.895. The van der Waals surface area contributed by atoms with Crippen molar-refractivity contribution < 1.29 is 9.32 Å². The van der Waals surface area contributed by atoms with Crippen LogP contribution in [0.5, 0.6) is 0 Å². The molecule has 4 rings (SSSR count). The van der Waals surface area contributed by atoms with Crippen molar-refractivity contribution in [3.63, 3.8) is 0 Å². The predicted octanol–water partition coefficient (Wildman–Crippen LogP) is 3.79. The van der Waals surface area contributed by atoms with Crippen molar-refractivity contribution in [2.45, 2.75) is 38.5 Å². The number of anilines is 1. The molecule has 2 aromatic heterocycles. The maximum atomic E-state index is 12.8. The number of benzene rings is 1. The first-order valence-electron chi connectivity index (χ1n) is 9.60. The molecule has 0 saturated carbocycles. The molecular formula is C20H24N6O2. The van der Waals surface area contributed by atoms with E-state index in [-0.39, 0.29) is 17.9 Å². The number of amides is 2. The van der Waals surface area contributed by atoms with Gasteiger partial charge in [0.2, 0.25) is 5.89 Å². The van der Waals surface area contributed by atoms with E-state index in [1.54, 1.807) is 21.8 Å². The highest BCUT2D eigenvalue weighted by atomic mass is 16.5. The second-order valence-electron chi connectivity index (χ2n) is 7.32. The van der Waals surface area contributed by atoms with Crippen LogP contribution in [-0.4, -0.2) is 43.9 Å². The quantitative estimate of drug-likeness (QED) is 0.744. The second kappa shape index (κ2) is 7.84. The van der Waals surface area contributed by atoms with Crippen molar-refractivity contribution in [2.75, 3.05) is 18.4 Å². The van der Waals surface area contributed by atoms with E-state index in [1.807, 2.05) is 44.2 Å². The van der Waals surface area contributed by atoms with Crippen LogP contribution in [-0.2, 0) is 0 Å². The number of para-hydroxylation sites is 1. The maximum Gasteiger partial charge on any atom is 0.323 e. The van der Waals surface area contributed by atoms with E-state index < -0.39 is 0 Å². The van der Waals surface area contributed by atoms with E-state index in [0.717, 1.165) is 18.5 Å². The maximum absolute atomic E-state index is 12.8. The smallest absolute Gasteiger partial charge is 0.323 e. The highest BCUT2D eigenvalue weighted by molar-refractivity contribution is 5.88. The van der Waals surface area contributed by atoms with E-state index in [2.05, 4.69) is 20.6 Å². The van der Waals surface area contributed by atoms with Crippen molar-refractivity contribution in [2.24, 2.45) is 0 Å². The summed E-state index contributed by atoms with van der Waals surface area (Å²) in [6.07, 6.45) is 3.51. The number of urea groups is 1. The molecule has 2 amide bonds. The number of nitrogens with zero attached hydrogens (tertiary/aromatic N) is 5. The molecule has 1 aromatic carbocycles. The average molecular weight is 380 g/mol. The lowest BCUT2D eigenvalue weighted by molar-refractivity contribution is 0.184. The SMILES string of the molecule is CC(C)c1noc(C2CCCN(C(=O)Nc3ccnn3-c3ccccc3)C2)n1. The Labute approximate surface area is 163 Å². The Balaban J connectivity index is 1.45. The van der Waals surface area contributed by atoms with Gasteiger partial charge in [0.25, 0.3) is 0 Å². The van der Waals surface area contributed by atoms with Crippen LogP contribution in [0.2, 0.25) is 0 Å². The van der Waals surface area contributed by atoms with Gasteiger partial charge < -0.3 is 9.42 Å². The zero-order chi connectivity index (χ0) is 19.5. The molecule has 28 heavy (non-hydrogen) atoms. The number of piperidine rings is 1. The Bertz CT molecular complexity index is 933. The number of carbonyl (C=O) groups excluding carboxylic acids is 1. The molecule has 3 aromatic rings. The minimum absolute atomic E-state index is 0.0681. The van der Waals surface area contributed by atoms with E-state index in [4.69, 9.17) is 4.52 Å². The van der Waals surface area contributed by atoms with Crippen molar-refractivity contribution in [3.05, 3.63) is 54.3 Å². The Morgan fingerprint density at radius 1 is 1.25 bits per heavy atom. The van der Waals surface area contributed by atoms with E-state index in [9.17, 15) is 4.79 Å². The van der Waals surface area contributed by atoms with Gasteiger partial charge in [-0.2, -0.15) is 10.1 Å². The Morgan fingerprint density at radius 3 is 2.82 bits per heavy atom. The molecule has 1 atom stereocenters. The molecule has 0 spiro atoms. The zero-order valence-electron chi connectivity index (χ0n) is 16.1. The molecule has 8 heteroatoms. The largest absolute Gasteiger partial charge is 0.339 e. The third-order valence-corrected chi connectivity index (χ3v) is 4.91. The molecule has 0 aliphatic carbocycles. The fourth-order valence-corrected chi connectivity index (χ4v) is 3.37. The molecule has 0 radical (unpaired) electrons. The number of aromatic nitrogens is 4. The van der Waals surface area contributed by atoms with E-state index in [1.165, 1.54) is 0 Å². The first kappa shape index (κ1) is 18.2. The number of nitrogens with one attached hydrogen (secondary N) is 1. The van der Waals surface area contributed by atoms with Gasteiger partial charge in [-0.15, -0.1) is 0 Å². The summed E-state index contributed by atoms with van der Waals surface area (Å²) < 4.78 is 7.16. The minimum atomic E-state index is -0.147. The number of carbonyl (C=O) groups is 1. The topological polar surface area (TPSA) is 89.1 Å². The van der Waals surface area contributed by atoms with Crippen LogP contribution < -0.4 is 5.32 Å². The summed E-state index contributed by atoms with van der Waals surface area (Å²) in [5, 5.41) is 11.3. The minimum Gasteiger partial charge on any atom is -0.339 e. The van der Waals surface area contributed by atoms with Crippen LogP contribution in [0.15, 0.2) is 47.1 Å². The molecule has 1 saturated heterocycles. The number of rotatable bonds is 4. The van der Waals surface area contributed by atoms with E-state index in [0.29, 0.717) is 30.6 Å². The van der Waals surface area contributed by atoms with Gasteiger partial charge >= 0.3 is 6.03 Å². The molecule has 8 nitrogen and oxygen atoms in total. The zero-order valence-corrected chi connectivity index (χ0v) is 16.1. The van der Waals surface area contributed by atoms with Crippen LogP contribution in [0.1, 0.15) is 50.2 Å². The molecule has 3 heterocycles. The summed E-state index contributed by atoms with van der Waals surface area (Å²) in [4.78, 5) is 19.2. The van der Waals surface area contributed by atoms with Gasteiger partial charge in [0.05, 0.1) is 17.8 Å². The fraction of sp³-hybridized carbons (Fsp3) is 0.400. The molecule has 0 bridgehead atoms. The predicted molar refractivity (Wildman–Crippen MR) is 105 cm³/mol. The normalized spacial score (nSPS) is 17.1. The third-order valence-electron chi connectivity index (χ3n) is 4.91. The summed E-state index contributed by atoms with van der Waals surface area (Å²) >= 11 is 0. The fourth-order valence-electron chi connectivity index (χ4n) is 3.37. The first-order chi connectivity index (χ1) is 13.6. The number of hydrogen-bond donors (Lipinski definition) is 1. The van der Waals surface area contributed by atoms with Gasteiger partial charge in [-0.05, 0) is 25.0 Å². The Kier molecular flexibility index (Phi) is 5.10. The lowest BCUT2D eigenvalue weighted by atomic mass is 9.98. The molecule has 1 N–H and O–H groups in total. The van der Waals surface area contributed by atoms with Gasteiger partial charge in [0.1, 0.15) is 5.82 Å². The monoisotopic (exact) mass is 380 g/mol. The number of likely N-dealkylation sites (tertiary alicyclic amines) is 1. The van der Waals surface area contributed by atoms with Crippen molar-refractivity contribution in [3.8, 4) is 5.69 Å². The average Bonchev–Trinajstić information content (AvgIpc) is 3.39. The summed E-state index contributed by atoms with van der Waals surface area (Å²) in [5.74, 6) is 2.26. The third kappa shape index (κ3) is 3.76. The number of hydrogen-bond acceptors (Lipinski definition) is 5. The van der Waals surface area contributed by atoms with Gasteiger partial charge in [-0.3, -0.25) is 5.32 Å². The molecule has 1 unspecified atom stereocenters. The highest BCUT2D eigenvalue weighted by Gasteiger charge is 2.29. The Morgan fingerprint density at radius 2 is 2.07 bits per heavy atom. The highest BCUT2D eigenvalue weighted by Crippen LogP contribution is 2.27. The van der Waals surface area contributed by atoms with Crippen LogP contribution >= 0.6 is 0 Å². The molecule has 146 valence electrons. The first-order valence-corrected chi connectivity index (χ1v) is 9.60.